The molecular weight excluding hydrogens is 536 g/mol. The summed E-state index contributed by atoms with van der Waals surface area (Å²) in [6, 6.07) is 19.8. The highest BCUT2D eigenvalue weighted by molar-refractivity contribution is 9.10. The van der Waals surface area contributed by atoms with Crippen molar-refractivity contribution >= 4 is 62.5 Å². The molecule has 7 nitrogen and oxygen atoms in total. The van der Waals surface area contributed by atoms with Crippen molar-refractivity contribution in [2.24, 2.45) is 5.92 Å². The summed E-state index contributed by atoms with van der Waals surface area (Å²) >= 11 is 9.31. The molecule has 0 saturated carbocycles. The molecule has 0 aliphatic carbocycles. The van der Waals surface area contributed by atoms with Crippen LogP contribution in [0.5, 0.6) is 0 Å². The molecule has 3 aromatic rings. The lowest BCUT2D eigenvalue weighted by Crippen LogP contribution is -2.28. The summed E-state index contributed by atoms with van der Waals surface area (Å²) in [5.41, 5.74) is 1.82. The highest BCUT2D eigenvalue weighted by Crippen LogP contribution is 2.28. The predicted molar refractivity (Wildman–Crippen MR) is 136 cm³/mol. The Morgan fingerprint density at radius 1 is 1.00 bits per heavy atom. The number of esters is 1. The fourth-order valence-corrected chi connectivity index (χ4v) is 4.09. The predicted octanol–water partition coefficient (Wildman–Crippen LogP) is 5.13. The molecule has 1 aliphatic rings. The van der Waals surface area contributed by atoms with E-state index in [4.69, 9.17) is 16.3 Å². The van der Waals surface area contributed by atoms with Gasteiger partial charge in [-0.1, -0.05) is 45.7 Å². The first kappa shape index (κ1) is 24.6. The van der Waals surface area contributed by atoms with Gasteiger partial charge in [0.15, 0.2) is 12.4 Å². The Balaban J connectivity index is 1.30. The number of carbonyl (C=O) groups is 4. The van der Waals surface area contributed by atoms with E-state index in [0.717, 1.165) is 4.47 Å². The number of ketones is 1. The van der Waals surface area contributed by atoms with Gasteiger partial charge >= 0.3 is 5.97 Å². The normalized spacial score (nSPS) is 15.1. The average Bonchev–Trinajstić information content (AvgIpc) is 3.25. The van der Waals surface area contributed by atoms with Crippen molar-refractivity contribution in [2.45, 2.75) is 6.42 Å². The van der Waals surface area contributed by atoms with Crippen molar-refractivity contribution in [3.8, 4) is 0 Å². The largest absolute Gasteiger partial charge is 0.454 e. The molecule has 1 N–H and O–H groups in total. The molecule has 0 aromatic heterocycles. The molecule has 3 aromatic carbocycles. The molecule has 1 aliphatic heterocycles. The molecule has 0 spiro atoms. The molecule has 178 valence electrons. The summed E-state index contributed by atoms with van der Waals surface area (Å²) in [5.74, 6) is -1.92. The van der Waals surface area contributed by atoms with E-state index in [2.05, 4.69) is 21.2 Å². The van der Waals surface area contributed by atoms with E-state index >= 15 is 0 Å². The summed E-state index contributed by atoms with van der Waals surface area (Å²) in [6.07, 6.45) is 0.0924. The van der Waals surface area contributed by atoms with E-state index in [1.165, 1.54) is 12.1 Å². The van der Waals surface area contributed by atoms with Crippen LogP contribution >= 0.6 is 27.5 Å². The zero-order valence-corrected chi connectivity index (χ0v) is 20.7. The van der Waals surface area contributed by atoms with Crippen molar-refractivity contribution in [1.29, 1.82) is 0 Å². The topological polar surface area (TPSA) is 92.8 Å². The highest BCUT2D eigenvalue weighted by Gasteiger charge is 2.35. The number of carbonyl (C=O) groups excluding carboxylic acids is 4. The lowest BCUT2D eigenvalue weighted by molar-refractivity contribution is -0.122. The van der Waals surface area contributed by atoms with Gasteiger partial charge in [0.2, 0.25) is 11.8 Å². The van der Waals surface area contributed by atoms with E-state index in [9.17, 15) is 19.2 Å². The number of Topliss-reactive ketones (excluding diaryl/α,β-unsaturated/α-hetero) is 1. The zero-order valence-electron chi connectivity index (χ0n) is 18.4. The highest BCUT2D eigenvalue weighted by atomic mass is 79.9. The number of hydrogen-bond acceptors (Lipinski definition) is 5. The number of halogens is 2. The standard InChI is InChI=1S/C26H20BrClN2O5/c27-19-8-4-16(5-9-19)23(31)15-35-26(34)17-6-10-21(11-7-17)29-25(33)18-12-24(32)30(14-18)22-3-1-2-20(28)13-22/h1-11,13,18H,12,14-15H2,(H,29,33)/t18-/m1/s1. The number of ether oxygens (including phenoxy) is 1. The van der Waals surface area contributed by atoms with Crippen molar-refractivity contribution < 1.29 is 23.9 Å². The monoisotopic (exact) mass is 554 g/mol. The second-order valence-electron chi connectivity index (χ2n) is 7.96. The van der Waals surface area contributed by atoms with E-state index < -0.39 is 11.9 Å². The lowest BCUT2D eigenvalue weighted by Gasteiger charge is -2.17. The molecule has 1 saturated heterocycles. The second kappa shape index (κ2) is 10.8. The van der Waals surface area contributed by atoms with Gasteiger partial charge in [0, 0.05) is 39.4 Å². The van der Waals surface area contributed by atoms with Crippen LogP contribution < -0.4 is 10.2 Å². The molecule has 4 rings (SSSR count). The maximum absolute atomic E-state index is 12.7. The quantitative estimate of drug-likeness (QED) is 0.322. The maximum Gasteiger partial charge on any atom is 0.338 e. The lowest BCUT2D eigenvalue weighted by atomic mass is 10.1. The average molecular weight is 556 g/mol. The third-order valence-electron chi connectivity index (χ3n) is 5.50. The molecule has 1 atom stereocenters. The minimum atomic E-state index is -0.646. The van der Waals surface area contributed by atoms with Gasteiger partial charge in [0.1, 0.15) is 0 Å². The molecule has 0 radical (unpaired) electrons. The Labute approximate surface area is 215 Å². The Morgan fingerprint density at radius 2 is 1.69 bits per heavy atom. The van der Waals surface area contributed by atoms with Crippen LogP contribution in [0.2, 0.25) is 5.02 Å². The molecule has 2 amide bonds. The Morgan fingerprint density at radius 3 is 2.37 bits per heavy atom. The SMILES string of the molecule is O=C(COC(=O)c1ccc(NC(=O)[C@@H]2CC(=O)N(c3cccc(Cl)c3)C2)cc1)c1ccc(Br)cc1. The number of rotatable bonds is 7. The number of benzene rings is 3. The first-order chi connectivity index (χ1) is 16.8. The van der Waals surface area contributed by atoms with Gasteiger partial charge in [-0.3, -0.25) is 14.4 Å². The Kier molecular flexibility index (Phi) is 7.63. The molecule has 1 heterocycles. The molecule has 0 unspecified atom stereocenters. The van der Waals surface area contributed by atoms with E-state index in [1.807, 2.05) is 0 Å². The first-order valence-corrected chi connectivity index (χ1v) is 11.9. The van der Waals surface area contributed by atoms with Crippen LogP contribution in [0.4, 0.5) is 11.4 Å². The van der Waals surface area contributed by atoms with Crippen molar-refractivity contribution in [3.63, 3.8) is 0 Å². The van der Waals surface area contributed by atoms with E-state index in [0.29, 0.717) is 22.0 Å². The van der Waals surface area contributed by atoms with Crippen molar-refractivity contribution in [2.75, 3.05) is 23.4 Å². The summed E-state index contributed by atoms with van der Waals surface area (Å²) in [6.45, 7) is -0.125. The van der Waals surface area contributed by atoms with Gasteiger partial charge in [-0.15, -0.1) is 0 Å². The number of hydrogen-bond donors (Lipinski definition) is 1. The maximum atomic E-state index is 12.7. The fourth-order valence-electron chi connectivity index (χ4n) is 3.64. The third-order valence-corrected chi connectivity index (χ3v) is 6.27. The van der Waals surface area contributed by atoms with Crippen LogP contribution in [0.25, 0.3) is 0 Å². The minimum Gasteiger partial charge on any atom is -0.454 e. The van der Waals surface area contributed by atoms with Crippen LogP contribution in [0.15, 0.2) is 77.3 Å². The first-order valence-electron chi connectivity index (χ1n) is 10.7. The number of nitrogens with one attached hydrogen (secondary N) is 1. The second-order valence-corrected chi connectivity index (χ2v) is 9.31. The number of anilines is 2. The molecule has 35 heavy (non-hydrogen) atoms. The molecule has 9 heteroatoms. The van der Waals surface area contributed by atoms with Crippen LogP contribution in [-0.4, -0.2) is 36.7 Å². The number of nitrogens with zero attached hydrogens (tertiary/aromatic N) is 1. The van der Waals surface area contributed by atoms with Crippen LogP contribution in [-0.2, 0) is 14.3 Å². The fraction of sp³-hybridized carbons (Fsp3) is 0.154. The van der Waals surface area contributed by atoms with E-state index in [-0.39, 0.29) is 42.7 Å². The Hall–Kier alpha value is -3.49. The number of amides is 2. The van der Waals surface area contributed by atoms with Crippen molar-refractivity contribution in [3.05, 3.63) is 93.4 Å². The summed E-state index contributed by atoms with van der Waals surface area (Å²) < 4.78 is 5.95. The summed E-state index contributed by atoms with van der Waals surface area (Å²) in [5, 5.41) is 3.29. The van der Waals surface area contributed by atoms with Gasteiger partial charge in [-0.2, -0.15) is 0 Å². The van der Waals surface area contributed by atoms with Gasteiger partial charge in [-0.25, -0.2) is 4.79 Å². The smallest absolute Gasteiger partial charge is 0.338 e. The molecule has 1 fully saturated rings. The van der Waals surface area contributed by atoms with E-state index in [1.54, 1.807) is 65.6 Å². The third kappa shape index (κ3) is 6.15. The summed E-state index contributed by atoms with van der Waals surface area (Å²) in [7, 11) is 0. The van der Waals surface area contributed by atoms with Crippen LogP contribution in [0, 0.1) is 5.92 Å². The van der Waals surface area contributed by atoms with Gasteiger partial charge in [0.05, 0.1) is 11.5 Å². The minimum absolute atomic E-state index is 0.0924. The van der Waals surface area contributed by atoms with Gasteiger partial charge in [0.25, 0.3) is 0 Å². The van der Waals surface area contributed by atoms with Gasteiger partial charge in [-0.05, 0) is 54.6 Å². The van der Waals surface area contributed by atoms with Crippen LogP contribution in [0.3, 0.4) is 0 Å². The van der Waals surface area contributed by atoms with Gasteiger partial charge < -0.3 is 15.0 Å². The summed E-state index contributed by atoms with van der Waals surface area (Å²) in [4.78, 5) is 51.1. The molecule has 0 bridgehead atoms. The van der Waals surface area contributed by atoms with Crippen LogP contribution in [0.1, 0.15) is 27.1 Å². The molecular formula is C26H20BrClN2O5. The zero-order chi connectivity index (χ0) is 24.9. The Bertz CT molecular complexity index is 1280. The van der Waals surface area contributed by atoms with Crippen molar-refractivity contribution in [1.82, 2.24) is 0 Å².